The molecule has 148 valence electrons. The number of likely N-dealkylation sites (tertiary alicyclic amines) is 1. The molecular weight excluding hydrogens is 355 g/mol. The molecule has 1 aliphatic carbocycles. The van der Waals surface area contributed by atoms with Gasteiger partial charge in [0.15, 0.2) is 0 Å². The molecule has 0 radical (unpaired) electrons. The number of nitrogens with zero attached hydrogens (tertiary/aromatic N) is 2. The maximum absolute atomic E-state index is 13.1. The number of piperidine rings is 1. The molecule has 0 aromatic carbocycles. The van der Waals surface area contributed by atoms with Gasteiger partial charge in [0.2, 0.25) is 0 Å². The third-order valence-electron chi connectivity index (χ3n) is 6.73. The van der Waals surface area contributed by atoms with Crippen LogP contribution in [0.25, 0.3) is 6.08 Å². The number of aromatic amines is 1. The highest BCUT2D eigenvalue weighted by Crippen LogP contribution is 2.61. The first-order valence-corrected chi connectivity index (χ1v) is 9.10. The summed E-state index contributed by atoms with van der Waals surface area (Å²) in [4.78, 5) is 20.6. The van der Waals surface area contributed by atoms with Crippen molar-refractivity contribution in [3.63, 3.8) is 0 Å². The number of carbonyl (C=O) groups is 1. The van der Waals surface area contributed by atoms with E-state index >= 15 is 0 Å². The highest BCUT2D eigenvalue weighted by Gasteiger charge is 2.60. The van der Waals surface area contributed by atoms with Gasteiger partial charge in [-0.2, -0.15) is 13.2 Å². The predicted octanol–water partition coefficient (Wildman–Crippen LogP) is 4.57. The molecule has 2 bridgehead atoms. The summed E-state index contributed by atoms with van der Waals surface area (Å²) >= 11 is 0. The predicted molar refractivity (Wildman–Crippen MR) is 97.9 cm³/mol. The summed E-state index contributed by atoms with van der Waals surface area (Å²) in [6.45, 7) is 14.0. The van der Waals surface area contributed by atoms with E-state index in [1.807, 2.05) is 33.8 Å². The molecule has 0 spiro atoms. The lowest BCUT2D eigenvalue weighted by atomic mass is 9.49. The fraction of sp³-hybridized carbons (Fsp3) is 0.600. The largest absolute Gasteiger partial charge is 0.471 e. The molecule has 7 heteroatoms. The maximum Gasteiger partial charge on any atom is 0.471 e. The standard InChI is InChI=1S/C20H26F3N3O/c1-11-9-16-18(4,5)19(6,7-8-26(16)17(27)20(21,22)23)14(11)10-15-12(2)24-13(3)25-15/h10,16H,1,7-9H2,2-6H3,(H,24,25)/b14-10+/t16-,19+/m1/s1. The summed E-state index contributed by atoms with van der Waals surface area (Å²) in [5.41, 5.74) is 2.68. The molecule has 1 amide bonds. The first-order chi connectivity index (χ1) is 12.3. The van der Waals surface area contributed by atoms with Crippen LogP contribution in [-0.2, 0) is 4.79 Å². The minimum atomic E-state index is -4.86. The van der Waals surface area contributed by atoms with E-state index in [2.05, 4.69) is 23.5 Å². The average molecular weight is 381 g/mol. The highest BCUT2D eigenvalue weighted by atomic mass is 19.4. The Morgan fingerprint density at radius 3 is 2.48 bits per heavy atom. The Morgan fingerprint density at radius 1 is 1.33 bits per heavy atom. The lowest BCUT2D eigenvalue weighted by molar-refractivity contribution is -0.197. The van der Waals surface area contributed by atoms with Gasteiger partial charge in [-0.1, -0.05) is 27.4 Å². The number of rotatable bonds is 1. The van der Waals surface area contributed by atoms with Crippen LogP contribution in [0, 0.1) is 24.7 Å². The number of carbonyl (C=O) groups excluding carboxylic acids is 1. The van der Waals surface area contributed by atoms with Gasteiger partial charge in [-0.05, 0) is 49.3 Å². The second kappa shape index (κ2) is 5.97. The molecule has 0 unspecified atom stereocenters. The van der Waals surface area contributed by atoms with E-state index in [0.717, 1.165) is 33.3 Å². The second-order valence-corrected chi connectivity index (χ2v) is 8.50. The Labute approximate surface area is 157 Å². The molecular formula is C20H26F3N3O. The zero-order valence-electron chi connectivity index (χ0n) is 16.4. The average Bonchev–Trinajstić information content (AvgIpc) is 2.84. The third kappa shape index (κ3) is 2.91. The van der Waals surface area contributed by atoms with Crippen molar-refractivity contribution < 1.29 is 18.0 Å². The monoisotopic (exact) mass is 381 g/mol. The maximum atomic E-state index is 13.1. The number of hydrogen-bond acceptors (Lipinski definition) is 2. The van der Waals surface area contributed by atoms with Crippen molar-refractivity contribution in [3.8, 4) is 0 Å². The van der Waals surface area contributed by atoms with Gasteiger partial charge in [0.1, 0.15) is 5.82 Å². The minimum absolute atomic E-state index is 0.0918. The number of nitrogens with one attached hydrogen (secondary N) is 1. The number of allylic oxidation sites excluding steroid dienone is 1. The zero-order chi connectivity index (χ0) is 20.4. The molecule has 1 aliphatic heterocycles. The Kier molecular flexibility index (Phi) is 4.36. The Morgan fingerprint density at radius 2 is 1.96 bits per heavy atom. The molecule has 3 rings (SSSR count). The first kappa shape index (κ1) is 19.7. The summed E-state index contributed by atoms with van der Waals surface area (Å²) in [6, 6.07) is -0.528. The molecule has 1 N–H and O–H groups in total. The Hall–Kier alpha value is -2.05. The van der Waals surface area contributed by atoms with Gasteiger partial charge < -0.3 is 9.88 Å². The van der Waals surface area contributed by atoms with E-state index in [1.54, 1.807) is 0 Å². The number of fused-ring (bicyclic) bond motifs is 2. The number of aromatic nitrogens is 2. The number of alkyl halides is 3. The van der Waals surface area contributed by atoms with Gasteiger partial charge in [-0.3, -0.25) is 4.79 Å². The van der Waals surface area contributed by atoms with Crippen molar-refractivity contribution in [3.05, 3.63) is 34.9 Å². The number of H-pyrrole nitrogens is 1. The van der Waals surface area contributed by atoms with Crippen molar-refractivity contribution >= 4 is 12.0 Å². The third-order valence-corrected chi connectivity index (χ3v) is 6.73. The minimum Gasteiger partial charge on any atom is -0.343 e. The van der Waals surface area contributed by atoms with Crippen LogP contribution in [0.4, 0.5) is 13.2 Å². The van der Waals surface area contributed by atoms with Crippen LogP contribution < -0.4 is 0 Å². The lowest BCUT2D eigenvalue weighted by Crippen LogP contribution is -2.64. The molecule has 2 atom stereocenters. The van der Waals surface area contributed by atoms with Crippen molar-refractivity contribution in [2.24, 2.45) is 10.8 Å². The van der Waals surface area contributed by atoms with E-state index in [4.69, 9.17) is 0 Å². The fourth-order valence-corrected chi connectivity index (χ4v) is 4.74. The Balaban J connectivity index is 2.05. The summed E-state index contributed by atoms with van der Waals surface area (Å²) in [5.74, 6) is -0.934. The van der Waals surface area contributed by atoms with Crippen molar-refractivity contribution in [2.75, 3.05) is 6.54 Å². The SMILES string of the molecule is C=C1C[C@H]2N(C(=O)C(F)(F)F)CC[C@@](C)(/C1=C/c1[nH]c(C)nc1C)C2(C)C. The molecule has 2 aliphatic rings. The van der Waals surface area contributed by atoms with Crippen molar-refractivity contribution in [1.82, 2.24) is 14.9 Å². The van der Waals surface area contributed by atoms with E-state index in [-0.39, 0.29) is 12.0 Å². The fourth-order valence-electron chi connectivity index (χ4n) is 4.74. The van der Waals surface area contributed by atoms with Crippen LogP contribution in [-0.4, -0.2) is 39.5 Å². The van der Waals surface area contributed by atoms with Gasteiger partial charge in [-0.25, -0.2) is 4.98 Å². The van der Waals surface area contributed by atoms with Crippen LogP contribution >= 0.6 is 0 Å². The molecule has 1 aromatic heterocycles. The smallest absolute Gasteiger partial charge is 0.343 e. The van der Waals surface area contributed by atoms with Gasteiger partial charge in [0.25, 0.3) is 0 Å². The van der Waals surface area contributed by atoms with Gasteiger partial charge in [0, 0.05) is 18.0 Å². The van der Waals surface area contributed by atoms with Crippen molar-refractivity contribution in [2.45, 2.75) is 59.7 Å². The number of imidazole rings is 1. The number of hydrogen-bond donors (Lipinski definition) is 1. The van der Waals surface area contributed by atoms with Crippen molar-refractivity contribution in [1.29, 1.82) is 0 Å². The molecule has 1 aromatic rings. The Bertz CT molecular complexity index is 834. The number of halogens is 3. The van der Waals surface area contributed by atoms with Crippen LogP contribution in [0.1, 0.15) is 50.8 Å². The molecule has 2 heterocycles. The lowest BCUT2D eigenvalue weighted by Gasteiger charge is -2.61. The van der Waals surface area contributed by atoms with Crippen LogP contribution in [0.15, 0.2) is 17.7 Å². The molecule has 1 saturated heterocycles. The number of aryl methyl sites for hydroxylation is 2. The normalized spacial score (nSPS) is 29.3. The quantitative estimate of drug-likeness (QED) is 0.775. The van der Waals surface area contributed by atoms with E-state index in [1.165, 1.54) is 0 Å². The molecule has 1 saturated carbocycles. The van der Waals surface area contributed by atoms with Gasteiger partial charge >= 0.3 is 12.1 Å². The van der Waals surface area contributed by atoms with E-state index < -0.39 is 23.5 Å². The van der Waals surface area contributed by atoms with E-state index in [9.17, 15) is 18.0 Å². The van der Waals surface area contributed by atoms with Crippen LogP contribution in [0.5, 0.6) is 0 Å². The summed E-state index contributed by atoms with van der Waals surface area (Å²) in [6.07, 6.45) is -2.03. The topological polar surface area (TPSA) is 49.0 Å². The zero-order valence-corrected chi connectivity index (χ0v) is 16.4. The van der Waals surface area contributed by atoms with E-state index in [0.29, 0.717) is 12.8 Å². The van der Waals surface area contributed by atoms with Crippen LogP contribution in [0.3, 0.4) is 0 Å². The van der Waals surface area contributed by atoms with Gasteiger partial charge in [-0.15, -0.1) is 0 Å². The molecule has 27 heavy (non-hydrogen) atoms. The summed E-state index contributed by atoms with van der Waals surface area (Å²) in [7, 11) is 0. The molecule has 2 fully saturated rings. The first-order valence-electron chi connectivity index (χ1n) is 9.10. The highest BCUT2D eigenvalue weighted by molar-refractivity contribution is 5.82. The second-order valence-electron chi connectivity index (χ2n) is 8.50. The van der Waals surface area contributed by atoms with Gasteiger partial charge in [0.05, 0.1) is 11.4 Å². The number of amides is 1. The molecule has 4 nitrogen and oxygen atoms in total. The van der Waals surface area contributed by atoms with Crippen LogP contribution in [0.2, 0.25) is 0 Å². The summed E-state index contributed by atoms with van der Waals surface area (Å²) < 4.78 is 39.2. The summed E-state index contributed by atoms with van der Waals surface area (Å²) in [5, 5.41) is 0.